The molecule has 0 aromatic rings. The molecule has 2 fully saturated rings. The fourth-order valence-electron chi connectivity index (χ4n) is 2.70. The number of carbonyl (C=O) groups excluding carboxylic acids is 1. The van der Waals surface area contributed by atoms with Crippen molar-refractivity contribution in [1.82, 2.24) is 10.2 Å². The van der Waals surface area contributed by atoms with E-state index in [1.807, 2.05) is 0 Å². The second-order valence-corrected chi connectivity index (χ2v) is 5.46. The van der Waals surface area contributed by atoms with Crippen molar-refractivity contribution in [3.05, 3.63) is 0 Å². The summed E-state index contributed by atoms with van der Waals surface area (Å²) in [5.41, 5.74) is 0. The quantitative estimate of drug-likeness (QED) is 0.843. The second-order valence-electron chi connectivity index (χ2n) is 5.46. The number of halogens is 1. The first-order valence-corrected chi connectivity index (χ1v) is 6.74. The van der Waals surface area contributed by atoms with Crippen LogP contribution in [0, 0.1) is 11.8 Å². The molecule has 2 rings (SSSR count). The zero-order chi connectivity index (χ0) is 11.4. The van der Waals surface area contributed by atoms with Crippen molar-refractivity contribution < 1.29 is 4.79 Å². The van der Waals surface area contributed by atoms with E-state index < -0.39 is 0 Å². The molecule has 1 unspecified atom stereocenters. The summed E-state index contributed by atoms with van der Waals surface area (Å²) >= 11 is 0. The number of rotatable bonds is 3. The van der Waals surface area contributed by atoms with E-state index in [-0.39, 0.29) is 12.4 Å². The zero-order valence-electron chi connectivity index (χ0n) is 10.8. The van der Waals surface area contributed by atoms with E-state index in [4.69, 9.17) is 0 Å². The summed E-state index contributed by atoms with van der Waals surface area (Å²) in [6, 6.07) is 0. The second kappa shape index (κ2) is 7.22. The minimum atomic E-state index is 0. The Morgan fingerprint density at radius 3 is 2.59 bits per heavy atom. The molecule has 3 nitrogen and oxygen atoms in total. The number of hydrogen-bond acceptors (Lipinski definition) is 2. The highest BCUT2D eigenvalue weighted by Gasteiger charge is 2.21. The Labute approximate surface area is 111 Å². The predicted octanol–water partition coefficient (Wildman–Crippen LogP) is 2.06. The van der Waals surface area contributed by atoms with Gasteiger partial charge in [-0.25, -0.2) is 0 Å². The molecule has 2 heterocycles. The van der Waals surface area contributed by atoms with Crippen molar-refractivity contribution >= 4 is 18.3 Å². The van der Waals surface area contributed by atoms with Crippen LogP contribution in [0.15, 0.2) is 0 Å². The smallest absolute Gasteiger partial charge is 0.222 e. The zero-order valence-corrected chi connectivity index (χ0v) is 11.6. The van der Waals surface area contributed by atoms with Gasteiger partial charge in [-0.1, -0.05) is 6.92 Å². The monoisotopic (exact) mass is 260 g/mol. The van der Waals surface area contributed by atoms with E-state index in [2.05, 4.69) is 17.1 Å². The molecule has 0 aromatic heterocycles. The van der Waals surface area contributed by atoms with Crippen LogP contribution in [0.5, 0.6) is 0 Å². The minimum absolute atomic E-state index is 0. The molecular weight excluding hydrogens is 236 g/mol. The van der Waals surface area contributed by atoms with Gasteiger partial charge in [-0.15, -0.1) is 12.4 Å². The molecule has 0 saturated carbocycles. The standard InChI is InChI=1S/C13H24N2O.ClH/c1-11-5-8-15(9-6-11)13(16)3-2-12-4-7-14-10-12;/h11-12,14H,2-10H2,1H3;1H. The molecule has 0 radical (unpaired) electrons. The fourth-order valence-corrected chi connectivity index (χ4v) is 2.70. The van der Waals surface area contributed by atoms with Gasteiger partial charge in [-0.3, -0.25) is 4.79 Å². The van der Waals surface area contributed by atoms with Gasteiger partial charge in [0.25, 0.3) is 0 Å². The Morgan fingerprint density at radius 1 is 1.29 bits per heavy atom. The molecule has 17 heavy (non-hydrogen) atoms. The van der Waals surface area contributed by atoms with Crippen LogP contribution in [0.2, 0.25) is 0 Å². The number of hydrogen-bond donors (Lipinski definition) is 1. The summed E-state index contributed by atoms with van der Waals surface area (Å²) in [6.07, 6.45) is 5.48. The average Bonchev–Trinajstić information content (AvgIpc) is 2.80. The normalized spacial score (nSPS) is 25.7. The third-order valence-corrected chi connectivity index (χ3v) is 4.07. The fraction of sp³-hybridized carbons (Fsp3) is 0.923. The van der Waals surface area contributed by atoms with Crippen LogP contribution in [0.1, 0.15) is 39.0 Å². The SMILES string of the molecule is CC1CCN(C(=O)CCC2CCNC2)CC1.Cl. The van der Waals surface area contributed by atoms with E-state index in [0.717, 1.165) is 50.9 Å². The molecule has 2 aliphatic heterocycles. The maximum atomic E-state index is 12.0. The van der Waals surface area contributed by atoms with E-state index in [1.54, 1.807) is 0 Å². The molecule has 0 bridgehead atoms. The lowest BCUT2D eigenvalue weighted by atomic mass is 9.98. The Hall–Kier alpha value is -0.280. The van der Waals surface area contributed by atoms with E-state index >= 15 is 0 Å². The summed E-state index contributed by atoms with van der Waals surface area (Å²) in [6.45, 7) is 6.52. The van der Waals surface area contributed by atoms with Crippen LogP contribution in [0.3, 0.4) is 0 Å². The number of nitrogens with one attached hydrogen (secondary N) is 1. The molecule has 0 aromatic carbocycles. The lowest BCUT2D eigenvalue weighted by Gasteiger charge is -2.30. The van der Waals surface area contributed by atoms with Crippen molar-refractivity contribution in [3.63, 3.8) is 0 Å². The minimum Gasteiger partial charge on any atom is -0.343 e. The van der Waals surface area contributed by atoms with E-state index in [0.29, 0.717) is 5.91 Å². The first-order valence-electron chi connectivity index (χ1n) is 6.74. The van der Waals surface area contributed by atoms with Gasteiger partial charge in [0, 0.05) is 19.5 Å². The molecule has 1 amide bonds. The molecule has 1 N–H and O–H groups in total. The van der Waals surface area contributed by atoms with Crippen molar-refractivity contribution in [2.45, 2.75) is 39.0 Å². The first kappa shape index (κ1) is 14.8. The molecule has 2 aliphatic rings. The number of likely N-dealkylation sites (tertiary alicyclic amines) is 1. The van der Waals surface area contributed by atoms with Gasteiger partial charge in [-0.05, 0) is 50.6 Å². The topological polar surface area (TPSA) is 32.3 Å². The molecule has 4 heteroatoms. The Morgan fingerprint density at radius 2 is 2.00 bits per heavy atom. The van der Waals surface area contributed by atoms with E-state index in [9.17, 15) is 4.79 Å². The van der Waals surface area contributed by atoms with Crippen molar-refractivity contribution in [1.29, 1.82) is 0 Å². The van der Waals surface area contributed by atoms with Crippen LogP contribution in [-0.4, -0.2) is 37.0 Å². The summed E-state index contributed by atoms with van der Waals surface area (Å²) in [7, 11) is 0. The largest absolute Gasteiger partial charge is 0.343 e. The highest BCUT2D eigenvalue weighted by Crippen LogP contribution is 2.19. The molecular formula is C13H25ClN2O. The van der Waals surface area contributed by atoms with Crippen molar-refractivity contribution in [2.24, 2.45) is 11.8 Å². The van der Waals surface area contributed by atoms with E-state index in [1.165, 1.54) is 19.3 Å². The van der Waals surface area contributed by atoms with Crippen LogP contribution in [-0.2, 0) is 4.79 Å². The van der Waals surface area contributed by atoms with Gasteiger partial charge in [0.2, 0.25) is 5.91 Å². The summed E-state index contributed by atoms with van der Waals surface area (Å²) in [5, 5.41) is 3.36. The number of piperidine rings is 1. The Bertz CT molecular complexity index is 234. The molecule has 0 aliphatic carbocycles. The van der Waals surface area contributed by atoms with Crippen molar-refractivity contribution in [3.8, 4) is 0 Å². The number of carbonyl (C=O) groups is 1. The molecule has 0 spiro atoms. The van der Waals surface area contributed by atoms with Gasteiger partial charge in [0.05, 0.1) is 0 Å². The number of amides is 1. The maximum Gasteiger partial charge on any atom is 0.222 e. The average molecular weight is 261 g/mol. The maximum absolute atomic E-state index is 12.0. The Kier molecular flexibility index (Phi) is 6.28. The Balaban J connectivity index is 0.00000144. The molecule has 100 valence electrons. The lowest BCUT2D eigenvalue weighted by molar-refractivity contribution is -0.132. The van der Waals surface area contributed by atoms with Crippen LogP contribution in [0.25, 0.3) is 0 Å². The van der Waals surface area contributed by atoms with Crippen LogP contribution >= 0.6 is 12.4 Å². The van der Waals surface area contributed by atoms with Gasteiger partial charge in [0.15, 0.2) is 0 Å². The lowest BCUT2D eigenvalue weighted by Crippen LogP contribution is -2.38. The van der Waals surface area contributed by atoms with Crippen molar-refractivity contribution in [2.75, 3.05) is 26.2 Å². The van der Waals surface area contributed by atoms with Crippen LogP contribution < -0.4 is 5.32 Å². The third kappa shape index (κ3) is 4.47. The summed E-state index contributed by atoms with van der Waals surface area (Å²) in [4.78, 5) is 14.0. The highest BCUT2D eigenvalue weighted by atomic mass is 35.5. The van der Waals surface area contributed by atoms with Gasteiger partial charge >= 0.3 is 0 Å². The highest BCUT2D eigenvalue weighted by molar-refractivity contribution is 5.85. The third-order valence-electron chi connectivity index (χ3n) is 4.07. The predicted molar refractivity (Wildman–Crippen MR) is 72.4 cm³/mol. The van der Waals surface area contributed by atoms with Crippen LogP contribution in [0.4, 0.5) is 0 Å². The summed E-state index contributed by atoms with van der Waals surface area (Å²) in [5.74, 6) is 1.94. The van der Waals surface area contributed by atoms with Gasteiger partial charge in [-0.2, -0.15) is 0 Å². The number of nitrogens with zero attached hydrogens (tertiary/aromatic N) is 1. The molecule has 2 saturated heterocycles. The first-order chi connectivity index (χ1) is 7.75. The van der Waals surface area contributed by atoms with Gasteiger partial charge < -0.3 is 10.2 Å². The summed E-state index contributed by atoms with van der Waals surface area (Å²) < 4.78 is 0. The van der Waals surface area contributed by atoms with Gasteiger partial charge in [0.1, 0.15) is 0 Å². The molecule has 1 atom stereocenters.